The number of hydrogen-bond donors (Lipinski definition) is 1. The van der Waals surface area contributed by atoms with Gasteiger partial charge in [0.1, 0.15) is 18.0 Å². The van der Waals surface area contributed by atoms with Crippen LogP contribution >= 0.6 is 0 Å². The molecule has 2 aromatic heterocycles. The van der Waals surface area contributed by atoms with Crippen LogP contribution in [0.4, 0.5) is 0 Å². The number of para-hydroxylation sites is 1. The number of amides is 1. The van der Waals surface area contributed by atoms with Crippen molar-refractivity contribution in [3.05, 3.63) is 65.6 Å². The van der Waals surface area contributed by atoms with Crippen LogP contribution in [-0.4, -0.2) is 45.4 Å². The highest BCUT2D eigenvalue weighted by atomic mass is 16.5. The number of fused-ring (bicyclic) bond motifs is 1. The molecule has 1 fully saturated rings. The van der Waals surface area contributed by atoms with Gasteiger partial charge in [-0.1, -0.05) is 18.2 Å². The Morgan fingerprint density at radius 3 is 2.86 bits per heavy atom. The predicted molar refractivity (Wildman–Crippen MR) is 113 cm³/mol. The Hall–Kier alpha value is -2.86. The molecule has 1 atom stereocenters. The van der Waals surface area contributed by atoms with Crippen molar-refractivity contribution in [1.82, 2.24) is 19.6 Å². The number of carbonyl (C=O) groups excluding carboxylic acids is 1. The number of rotatable bonds is 6. The fourth-order valence-electron chi connectivity index (χ4n) is 3.84. The minimum atomic E-state index is -0.0814. The Morgan fingerprint density at radius 2 is 2.10 bits per heavy atom. The second kappa shape index (κ2) is 8.25. The van der Waals surface area contributed by atoms with Gasteiger partial charge in [-0.2, -0.15) is 0 Å². The molecule has 1 aromatic carbocycles. The quantitative estimate of drug-likeness (QED) is 0.698. The molecular formula is C23H28N4O2. The zero-order valence-corrected chi connectivity index (χ0v) is 17.3. The predicted octanol–water partition coefficient (Wildman–Crippen LogP) is 3.43. The number of aromatic nitrogens is 2. The van der Waals surface area contributed by atoms with E-state index in [9.17, 15) is 4.79 Å². The Labute approximate surface area is 171 Å². The normalized spacial score (nSPS) is 17.2. The highest BCUT2D eigenvalue weighted by Crippen LogP contribution is 2.21. The zero-order valence-electron chi connectivity index (χ0n) is 17.3. The number of carbonyl (C=O) groups is 1. The van der Waals surface area contributed by atoms with E-state index in [0.717, 1.165) is 36.4 Å². The first-order chi connectivity index (χ1) is 14.0. The van der Waals surface area contributed by atoms with Crippen LogP contribution in [0.15, 0.2) is 48.8 Å². The van der Waals surface area contributed by atoms with Crippen LogP contribution in [0.25, 0.3) is 5.65 Å². The van der Waals surface area contributed by atoms with E-state index in [2.05, 4.69) is 29.0 Å². The molecule has 0 saturated carbocycles. The van der Waals surface area contributed by atoms with Gasteiger partial charge in [0, 0.05) is 37.6 Å². The molecule has 1 amide bonds. The van der Waals surface area contributed by atoms with Crippen LogP contribution in [0.1, 0.15) is 41.9 Å². The molecule has 3 aromatic rings. The van der Waals surface area contributed by atoms with Gasteiger partial charge in [0.25, 0.3) is 5.91 Å². The number of pyridine rings is 1. The molecule has 0 spiro atoms. The van der Waals surface area contributed by atoms with E-state index in [4.69, 9.17) is 4.74 Å². The first-order valence-corrected chi connectivity index (χ1v) is 10.2. The average molecular weight is 393 g/mol. The molecule has 1 aliphatic rings. The maximum Gasteiger partial charge on any atom is 0.255 e. The third kappa shape index (κ3) is 4.27. The Balaban J connectivity index is 1.43. The van der Waals surface area contributed by atoms with Crippen molar-refractivity contribution in [1.29, 1.82) is 0 Å². The van der Waals surface area contributed by atoms with Crippen LogP contribution < -0.4 is 10.1 Å². The summed E-state index contributed by atoms with van der Waals surface area (Å²) in [6.07, 6.45) is 4.92. The first-order valence-electron chi connectivity index (χ1n) is 10.2. The van der Waals surface area contributed by atoms with Crippen molar-refractivity contribution < 1.29 is 9.53 Å². The lowest BCUT2D eigenvalue weighted by molar-refractivity contribution is 0.0932. The average Bonchev–Trinajstić information content (AvgIpc) is 3.34. The van der Waals surface area contributed by atoms with Crippen LogP contribution in [0, 0.1) is 6.92 Å². The summed E-state index contributed by atoms with van der Waals surface area (Å²) in [6.45, 7) is 8.65. The fraction of sp³-hybridized carbons (Fsp3) is 0.391. The SMILES string of the molecule is Cc1cccn2cc(COc3ccccc3C(=O)NC3CCN(C(C)C)C3)nc12. The minimum absolute atomic E-state index is 0.0814. The van der Waals surface area contributed by atoms with Crippen molar-refractivity contribution >= 4 is 11.6 Å². The summed E-state index contributed by atoms with van der Waals surface area (Å²) in [5.41, 5.74) is 3.44. The molecule has 1 saturated heterocycles. The van der Waals surface area contributed by atoms with Crippen LogP contribution in [-0.2, 0) is 6.61 Å². The van der Waals surface area contributed by atoms with Gasteiger partial charge in [-0.3, -0.25) is 9.69 Å². The van der Waals surface area contributed by atoms with Gasteiger partial charge in [0.05, 0.1) is 11.3 Å². The van der Waals surface area contributed by atoms with E-state index < -0.39 is 0 Å². The third-order valence-electron chi connectivity index (χ3n) is 5.52. The molecule has 1 unspecified atom stereocenters. The van der Waals surface area contributed by atoms with Crippen molar-refractivity contribution in [2.24, 2.45) is 0 Å². The minimum Gasteiger partial charge on any atom is -0.486 e. The first kappa shape index (κ1) is 19.5. The molecular weight excluding hydrogens is 364 g/mol. The van der Waals surface area contributed by atoms with Crippen molar-refractivity contribution in [3.8, 4) is 5.75 Å². The largest absolute Gasteiger partial charge is 0.486 e. The summed E-state index contributed by atoms with van der Waals surface area (Å²) in [4.78, 5) is 19.9. The topological polar surface area (TPSA) is 58.9 Å². The molecule has 0 radical (unpaired) electrons. The molecule has 6 heteroatoms. The van der Waals surface area contributed by atoms with Gasteiger partial charge in [-0.15, -0.1) is 0 Å². The number of hydrogen-bond acceptors (Lipinski definition) is 4. The molecule has 4 rings (SSSR count). The standard InChI is InChI=1S/C23H28N4O2/c1-16(2)26-12-10-18(13-26)25-23(28)20-8-4-5-9-21(20)29-15-19-14-27-11-6-7-17(3)22(27)24-19/h4-9,11,14,16,18H,10,12-13,15H2,1-3H3,(H,25,28). The number of likely N-dealkylation sites (tertiary alicyclic amines) is 1. The van der Waals surface area contributed by atoms with E-state index >= 15 is 0 Å². The Morgan fingerprint density at radius 1 is 1.28 bits per heavy atom. The van der Waals surface area contributed by atoms with Gasteiger partial charge >= 0.3 is 0 Å². The molecule has 0 bridgehead atoms. The van der Waals surface area contributed by atoms with Crippen LogP contribution in [0.5, 0.6) is 5.75 Å². The Bertz CT molecular complexity index is 1010. The number of nitrogens with zero attached hydrogens (tertiary/aromatic N) is 3. The number of benzene rings is 1. The highest BCUT2D eigenvalue weighted by Gasteiger charge is 2.26. The summed E-state index contributed by atoms with van der Waals surface area (Å²) < 4.78 is 7.98. The van der Waals surface area contributed by atoms with E-state index in [1.54, 1.807) is 0 Å². The zero-order chi connectivity index (χ0) is 20.4. The van der Waals surface area contributed by atoms with Gasteiger partial charge in [-0.05, 0) is 51.0 Å². The van der Waals surface area contributed by atoms with Gasteiger partial charge in [0.2, 0.25) is 0 Å². The van der Waals surface area contributed by atoms with E-state index in [-0.39, 0.29) is 11.9 Å². The van der Waals surface area contributed by atoms with Crippen molar-refractivity contribution in [3.63, 3.8) is 0 Å². The maximum atomic E-state index is 12.9. The molecule has 29 heavy (non-hydrogen) atoms. The van der Waals surface area contributed by atoms with Gasteiger partial charge in [-0.25, -0.2) is 4.98 Å². The van der Waals surface area contributed by atoms with Crippen LogP contribution in [0.3, 0.4) is 0 Å². The number of aryl methyl sites for hydroxylation is 1. The van der Waals surface area contributed by atoms with Gasteiger partial charge < -0.3 is 14.5 Å². The lowest BCUT2D eigenvalue weighted by Gasteiger charge is -2.20. The number of ether oxygens (including phenoxy) is 1. The van der Waals surface area contributed by atoms with E-state index in [1.807, 2.05) is 60.1 Å². The molecule has 0 aliphatic carbocycles. The summed E-state index contributed by atoms with van der Waals surface area (Å²) >= 11 is 0. The lowest BCUT2D eigenvalue weighted by atomic mass is 10.1. The highest BCUT2D eigenvalue weighted by molar-refractivity contribution is 5.97. The summed E-state index contributed by atoms with van der Waals surface area (Å²) in [5.74, 6) is 0.500. The van der Waals surface area contributed by atoms with E-state index in [0.29, 0.717) is 24.0 Å². The smallest absolute Gasteiger partial charge is 0.255 e. The monoisotopic (exact) mass is 392 g/mol. The number of nitrogens with one attached hydrogen (secondary N) is 1. The maximum absolute atomic E-state index is 12.9. The third-order valence-corrected chi connectivity index (χ3v) is 5.52. The van der Waals surface area contributed by atoms with Crippen molar-refractivity contribution in [2.75, 3.05) is 13.1 Å². The lowest BCUT2D eigenvalue weighted by Crippen LogP contribution is -2.38. The molecule has 6 nitrogen and oxygen atoms in total. The molecule has 152 valence electrons. The van der Waals surface area contributed by atoms with E-state index in [1.165, 1.54) is 0 Å². The Kier molecular flexibility index (Phi) is 5.53. The van der Waals surface area contributed by atoms with Crippen LogP contribution in [0.2, 0.25) is 0 Å². The fourth-order valence-corrected chi connectivity index (χ4v) is 3.84. The molecule has 1 N–H and O–H groups in total. The van der Waals surface area contributed by atoms with Crippen molar-refractivity contribution in [2.45, 2.75) is 45.9 Å². The summed E-state index contributed by atoms with van der Waals surface area (Å²) in [6, 6.07) is 12.1. The number of imidazole rings is 1. The molecule has 1 aliphatic heterocycles. The summed E-state index contributed by atoms with van der Waals surface area (Å²) in [5, 5.41) is 3.17. The molecule has 3 heterocycles. The van der Waals surface area contributed by atoms with Gasteiger partial charge in [0.15, 0.2) is 0 Å². The summed E-state index contributed by atoms with van der Waals surface area (Å²) in [7, 11) is 0. The second-order valence-corrected chi connectivity index (χ2v) is 7.99. The second-order valence-electron chi connectivity index (χ2n) is 7.99.